The normalized spacial score (nSPS) is 12.7. The fourth-order valence-corrected chi connectivity index (χ4v) is 3.26. The molecule has 0 spiro atoms. The first-order chi connectivity index (χ1) is 14.0. The van der Waals surface area contributed by atoms with Crippen molar-refractivity contribution in [1.29, 1.82) is 0 Å². The van der Waals surface area contributed by atoms with Gasteiger partial charge in [0.05, 0.1) is 34.5 Å². The molecule has 0 N–H and O–H groups in total. The monoisotopic (exact) mass is 407 g/mol. The first-order valence-corrected chi connectivity index (χ1v) is 9.01. The molecule has 0 saturated heterocycles. The second kappa shape index (κ2) is 7.41. The molecule has 3 aromatic carbocycles. The Hall–Kier alpha value is -3.64. The summed E-state index contributed by atoms with van der Waals surface area (Å²) in [5.74, 6) is -0.612. The Kier molecular flexibility index (Phi) is 4.78. The Morgan fingerprint density at radius 3 is 2.31 bits per heavy atom. The molecular formula is C22H14ClNO5. The molecule has 29 heavy (non-hydrogen) atoms. The van der Waals surface area contributed by atoms with Crippen molar-refractivity contribution in [1.82, 2.24) is 0 Å². The lowest BCUT2D eigenvalue weighted by Crippen LogP contribution is -2.29. The van der Waals surface area contributed by atoms with Crippen LogP contribution < -0.4 is 9.64 Å². The van der Waals surface area contributed by atoms with Gasteiger partial charge in [0.15, 0.2) is 0 Å². The molecule has 0 saturated carbocycles. The predicted molar refractivity (Wildman–Crippen MR) is 107 cm³/mol. The molecular weight excluding hydrogens is 394 g/mol. The summed E-state index contributed by atoms with van der Waals surface area (Å²) in [7, 11) is 1.25. The fraction of sp³-hybridized carbons (Fsp3) is 0.0455. The minimum Gasteiger partial charge on any atom is -0.465 e. The van der Waals surface area contributed by atoms with E-state index in [1.807, 2.05) is 18.2 Å². The number of hydrogen-bond donors (Lipinski definition) is 0. The van der Waals surface area contributed by atoms with Gasteiger partial charge in [0.25, 0.3) is 11.8 Å². The molecule has 2 amide bonds. The van der Waals surface area contributed by atoms with E-state index in [1.54, 1.807) is 24.3 Å². The number of para-hydroxylation sites is 1. The van der Waals surface area contributed by atoms with Gasteiger partial charge in [0.2, 0.25) is 0 Å². The molecule has 6 nitrogen and oxygen atoms in total. The average Bonchev–Trinajstić information content (AvgIpc) is 2.99. The van der Waals surface area contributed by atoms with Crippen LogP contribution in [0.15, 0.2) is 66.7 Å². The van der Waals surface area contributed by atoms with Crippen LogP contribution in [0.25, 0.3) is 0 Å². The number of rotatable bonds is 4. The van der Waals surface area contributed by atoms with Crippen LogP contribution in [0.3, 0.4) is 0 Å². The van der Waals surface area contributed by atoms with E-state index in [-0.39, 0.29) is 21.7 Å². The summed E-state index contributed by atoms with van der Waals surface area (Å²) >= 11 is 6.31. The zero-order valence-electron chi connectivity index (χ0n) is 15.2. The highest BCUT2D eigenvalue weighted by Crippen LogP contribution is 2.36. The molecule has 0 fully saturated rings. The lowest BCUT2D eigenvalue weighted by molar-refractivity contribution is 0.0600. The summed E-state index contributed by atoms with van der Waals surface area (Å²) in [6.07, 6.45) is 0. The highest BCUT2D eigenvalue weighted by atomic mass is 35.5. The maximum Gasteiger partial charge on any atom is 0.337 e. The highest BCUT2D eigenvalue weighted by molar-refractivity contribution is 6.36. The van der Waals surface area contributed by atoms with Gasteiger partial charge in [-0.15, -0.1) is 0 Å². The molecule has 0 bridgehead atoms. The van der Waals surface area contributed by atoms with Gasteiger partial charge in [0.1, 0.15) is 11.5 Å². The second-order valence-electron chi connectivity index (χ2n) is 6.23. The quantitative estimate of drug-likeness (QED) is 0.462. The smallest absolute Gasteiger partial charge is 0.337 e. The topological polar surface area (TPSA) is 72.9 Å². The van der Waals surface area contributed by atoms with E-state index in [0.717, 1.165) is 4.90 Å². The number of imide groups is 1. The SMILES string of the molecule is COC(=O)c1ccc2c(c1)C(=O)N(c1ccc(Oc3ccccc3)c(Cl)c1)C2=O. The summed E-state index contributed by atoms with van der Waals surface area (Å²) < 4.78 is 10.4. The summed E-state index contributed by atoms with van der Waals surface area (Å²) in [5.41, 5.74) is 0.849. The summed E-state index contributed by atoms with van der Waals surface area (Å²) in [5, 5.41) is 0.248. The van der Waals surface area contributed by atoms with Crippen molar-refractivity contribution >= 4 is 35.1 Å². The van der Waals surface area contributed by atoms with Gasteiger partial charge < -0.3 is 9.47 Å². The zero-order chi connectivity index (χ0) is 20.5. The molecule has 0 unspecified atom stereocenters. The van der Waals surface area contributed by atoms with Crippen LogP contribution in [0.5, 0.6) is 11.5 Å². The van der Waals surface area contributed by atoms with Crippen molar-refractivity contribution in [3.63, 3.8) is 0 Å². The third-order valence-electron chi connectivity index (χ3n) is 4.45. The maximum atomic E-state index is 12.8. The van der Waals surface area contributed by atoms with Crippen molar-refractivity contribution in [2.75, 3.05) is 12.0 Å². The molecule has 1 aliphatic heterocycles. The number of carbonyl (C=O) groups is 3. The number of halogens is 1. The standard InChI is InChI=1S/C22H14ClNO5/c1-28-22(27)13-7-9-16-17(11-13)21(26)24(20(16)25)14-8-10-19(18(23)12-14)29-15-5-3-2-4-6-15/h2-12H,1H3. The van der Waals surface area contributed by atoms with Crippen molar-refractivity contribution in [3.8, 4) is 11.5 Å². The number of anilines is 1. The van der Waals surface area contributed by atoms with E-state index < -0.39 is 17.8 Å². The number of fused-ring (bicyclic) bond motifs is 1. The summed E-state index contributed by atoms with van der Waals surface area (Å²) in [6.45, 7) is 0. The Morgan fingerprint density at radius 1 is 0.897 bits per heavy atom. The van der Waals surface area contributed by atoms with Crippen molar-refractivity contribution in [2.45, 2.75) is 0 Å². The molecule has 4 rings (SSSR count). The Morgan fingerprint density at radius 2 is 1.62 bits per heavy atom. The molecule has 0 radical (unpaired) electrons. The molecule has 1 aliphatic rings. The number of hydrogen-bond acceptors (Lipinski definition) is 5. The second-order valence-corrected chi connectivity index (χ2v) is 6.63. The molecule has 0 aromatic heterocycles. The van der Waals surface area contributed by atoms with E-state index in [1.165, 1.54) is 31.4 Å². The predicted octanol–water partition coefficient (Wildman–Crippen LogP) is 4.72. The van der Waals surface area contributed by atoms with Gasteiger partial charge in [-0.3, -0.25) is 9.59 Å². The van der Waals surface area contributed by atoms with Crippen LogP contribution in [0.2, 0.25) is 5.02 Å². The van der Waals surface area contributed by atoms with E-state index in [2.05, 4.69) is 4.74 Å². The molecule has 0 atom stereocenters. The van der Waals surface area contributed by atoms with Gasteiger partial charge in [-0.05, 0) is 48.5 Å². The molecule has 1 heterocycles. The fourth-order valence-electron chi connectivity index (χ4n) is 3.05. The van der Waals surface area contributed by atoms with Gasteiger partial charge in [-0.25, -0.2) is 9.69 Å². The van der Waals surface area contributed by atoms with E-state index >= 15 is 0 Å². The molecule has 0 aliphatic carbocycles. The maximum absolute atomic E-state index is 12.8. The summed E-state index contributed by atoms with van der Waals surface area (Å²) in [6, 6.07) is 18.0. The minimum atomic E-state index is -0.586. The van der Waals surface area contributed by atoms with Crippen molar-refractivity contribution in [2.24, 2.45) is 0 Å². The Bertz CT molecular complexity index is 1140. The molecule has 144 valence electrons. The van der Waals surface area contributed by atoms with Crippen LogP contribution >= 0.6 is 11.6 Å². The minimum absolute atomic E-state index is 0.138. The van der Waals surface area contributed by atoms with Crippen molar-refractivity contribution < 1.29 is 23.9 Å². The first-order valence-electron chi connectivity index (χ1n) is 8.63. The number of carbonyl (C=O) groups excluding carboxylic acids is 3. The third kappa shape index (κ3) is 3.34. The average molecular weight is 408 g/mol. The van der Waals surface area contributed by atoms with E-state index in [9.17, 15) is 14.4 Å². The number of methoxy groups -OCH3 is 1. The molecule has 7 heteroatoms. The van der Waals surface area contributed by atoms with Crippen LogP contribution in [0.4, 0.5) is 5.69 Å². The van der Waals surface area contributed by atoms with Crippen molar-refractivity contribution in [3.05, 3.63) is 88.4 Å². The zero-order valence-corrected chi connectivity index (χ0v) is 16.0. The lowest BCUT2D eigenvalue weighted by Gasteiger charge is -2.15. The third-order valence-corrected chi connectivity index (χ3v) is 4.75. The largest absolute Gasteiger partial charge is 0.465 e. The van der Waals surface area contributed by atoms with Crippen LogP contribution in [-0.2, 0) is 4.74 Å². The van der Waals surface area contributed by atoms with Crippen LogP contribution in [-0.4, -0.2) is 24.9 Å². The van der Waals surface area contributed by atoms with Gasteiger partial charge in [-0.2, -0.15) is 0 Å². The summed E-state index contributed by atoms with van der Waals surface area (Å²) in [4.78, 5) is 38.3. The van der Waals surface area contributed by atoms with Gasteiger partial charge in [0, 0.05) is 0 Å². The number of nitrogens with zero attached hydrogens (tertiary/aromatic N) is 1. The van der Waals surface area contributed by atoms with E-state index in [0.29, 0.717) is 17.2 Å². The van der Waals surface area contributed by atoms with Gasteiger partial charge in [-0.1, -0.05) is 29.8 Å². The Balaban J connectivity index is 1.65. The van der Waals surface area contributed by atoms with Gasteiger partial charge >= 0.3 is 5.97 Å². The number of esters is 1. The Labute approximate surface area is 171 Å². The number of amides is 2. The van der Waals surface area contributed by atoms with Crippen LogP contribution in [0.1, 0.15) is 31.1 Å². The highest BCUT2D eigenvalue weighted by Gasteiger charge is 2.37. The number of ether oxygens (including phenoxy) is 2. The first kappa shape index (κ1) is 18.7. The van der Waals surface area contributed by atoms with E-state index in [4.69, 9.17) is 16.3 Å². The molecule has 3 aromatic rings. The lowest BCUT2D eigenvalue weighted by atomic mass is 10.1. The van der Waals surface area contributed by atoms with Crippen LogP contribution in [0, 0.1) is 0 Å². The number of benzene rings is 3.